The Bertz CT molecular complexity index is 722. The third-order valence-corrected chi connectivity index (χ3v) is 4.46. The topological polar surface area (TPSA) is 29.3 Å². The summed E-state index contributed by atoms with van der Waals surface area (Å²) in [6, 6.07) is 8.64. The van der Waals surface area contributed by atoms with Crippen molar-refractivity contribution in [3.8, 4) is 0 Å². The number of thiazole rings is 1. The van der Waals surface area contributed by atoms with Gasteiger partial charge in [-0.2, -0.15) is 0 Å². The van der Waals surface area contributed by atoms with Gasteiger partial charge in [-0.25, -0.2) is 4.98 Å². The number of hydrogen-bond acceptors (Lipinski definition) is 3. The molecule has 0 amide bonds. The van der Waals surface area contributed by atoms with Crippen molar-refractivity contribution in [2.24, 2.45) is 0 Å². The molecule has 0 unspecified atom stereocenters. The van der Waals surface area contributed by atoms with E-state index >= 15 is 0 Å². The molecule has 0 saturated carbocycles. The van der Waals surface area contributed by atoms with Gasteiger partial charge in [0.15, 0.2) is 4.96 Å². The predicted molar refractivity (Wildman–Crippen MR) is 85.7 cm³/mol. The molecule has 0 saturated heterocycles. The van der Waals surface area contributed by atoms with E-state index < -0.39 is 0 Å². The van der Waals surface area contributed by atoms with Gasteiger partial charge in [0, 0.05) is 16.8 Å². The highest BCUT2D eigenvalue weighted by Gasteiger charge is 2.10. The summed E-state index contributed by atoms with van der Waals surface area (Å²) in [7, 11) is 0. The largest absolute Gasteiger partial charge is 0.379 e. The summed E-state index contributed by atoms with van der Waals surface area (Å²) in [6.07, 6.45) is 3.24. The van der Waals surface area contributed by atoms with Gasteiger partial charge in [-0.1, -0.05) is 19.1 Å². The highest BCUT2D eigenvalue weighted by molar-refractivity contribution is 7.17. The molecule has 104 valence electrons. The smallest absolute Gasteiger partial charge is 0.194 e. The molecule has 0 aliphatic carbocycles. The van der Waals surface area contributed by atoms with E-state index in [1.165, 1.54) is 16.1 Å². The maximum atomic E-state index is 4.62. The summed E-state index contributed by atoms with van der Waals surface area (Å²) in [4.78, 5) is 6.99. The molecule has 1 aromatic carbocycles. The number of hydrogen-bond donors (Lipinski definition) is 1. The van der Waals surface area contributed by atoms with Crippen molar-refractivity contribution in [3.63, 3.8) is 0 Å². The van der Waals surface area contributed by atoms with Crippen molar-refractivity contribution < 1.29 is 0 Å². The molecule has 3 rings (SSSR count). The highest BCUT2D eigenvalue weighted by atomic mass is 32.1. The van der Waals surface area contributed by atoms with Crippen LogP contribution in [0, 0.1) is 13.8 Å². The maximum absolute atomic E-state index is 4.62. The Hall–Kier alpha value is -1.81. The second-order valence-electron chi connectivity index (χ2n) is 5.04. The first kappa shape index (κ1) is 13.2. The van der Waals surface area contributed by atoms with Gasteiger partial charge in [0.25, 0.3) is 0 Å². The van der Waals surface area contributed by atoms with E-state index in [0.29, 0.717) is 0 Å². The maximum Gasteiger partial charge on any atom is 0.194 e. The molecule has 0 aliphatic rings. The summed E-state index contributed by atoms with van der Waals surface area (Å²) in [6.45, 7) is 7.17. The van der Waals surface area contributed by atoms with Gasteiger partial charge in [-0.05, 0) is 38.0 Å². The zero-order chi connectivity index (χ0) is 14.1. The van der Waals surface area contributed by atoms with Crippen molar-refractivity contribution in [3.05, 3.63) is 52.3 Å². The molecular formula is C16H19N3S. The minimum atomic E-state index is 0.800. The molecule has 4 heteroatoms. The van der Waals surface area contributed by atoms with Crippen LogP contribution in [0.3, 0.4) is 0 Å². The first-order valence-corrected chi connectivity index (χ1v) is 7.76. The van der Waals surface area contributed by atoms with Crippen LogP contribution >= 0.6 is 11.3 Å². The second-order valence-corrected chi connectivity index (χ2v) is 6.26. The Morgan fingerprint density at radius 1 is 1.20 bits per heavy atom. The van der Waals surface area contributed by atoms with Gasteiger partial charge in [-0.3, -0.25) is 4.40 Å². The third kappa shape index (κ3) is 2.43. The van der Waals surface area contributed by atoms with Crippen molar-refractivity contribution in [1.82, 2.24) is 9.38 Å². The van der Waals surface area contributed by atoms with E-state index in [4.69, 9.17) is 0 Å². The molecule has 0 atom stereocenters. The highest BCUT2D eigenvalue weighted by Crippen LogP contribution is 2.21. The number of nitrogens with one attached hydrogen (secondary N) is 1. The summed E-state index contributed by atoms with van der Waals surface area (Å²) in [5.41, 5.74) is 4.87. The number of imidazole rings is 1. The van der Waals surface area contributed by atoms with Gasteiger partial charge < -0.3 is 5.32 Å². The Kier molecular flexibility index (Phi) is 3.49. The van der Waals surface area contributed by atoms with E-state index in [2.05, 4.69) is 65.9 Å². The Morgan fingerprint density at radius 2 is 1.95 bits per heavy atom. The van der Waals surface area contributed by atoms with Crippen LogP contribution in [-0.2, 0) is 13.0 Å². The Labute approximate surface area is 123 Å². The summed E-state index contributed by atoms with van der Waals surface area (Å²) < 4.78 is 2.20. The van der Waals surface area contributed by atoms with Gasteiger partial charge >= 0.3 is 0 Å². The third-order valence-electron chi connectivity index (χ3n) is 3.56. The molecule has 2 aromatic heterocycles. The van der Waals surface area contributed by atoms with Crippen molar-refractivity contribution in [2.75, 3.05) is 5.32 Å². The normalized spacial score (nSPS) is 11.2. The fraction of sp³-hybridized carbons (Fsp3) is 0.312. The van der Waals surface area contributed by atoms with E-state index in [1.807, 2.05) is 0 Å². The van der Waals surface area contributed by atoms with Crippen molar-refractivity contribution in [1.29, 1.82) is 0 Å². The van der Waals surface area contributed by atoms with Crippen LogP contribution in [0.25, 0.3) is 4.96 Å². The molecular weight excluding hydrogens is 266 g/mol. The standard InChI is InChI=1S/C16H19N3S/c1-4-13-5-7-14(8-6-13)17-9-15-12(3)18-16-19(15)10-11(2)20-16/h5-8,10,17H,4,9H2,1-3H3. The number of aromatic nitrogens is 2. The fourth-order valence-electron chi connectivity index (χ4n) is 2.37. The Balaban J connectivity index is 1.80. The lowest BCUT2D eigenvalue weighted by Gasteiger charge is -2.07. The van der Waals surface area contributed by atoms with Gasteiger partial charge in [0.2, 0.25) is 0 Å². The molecule has 2 heterocycles. The molecule has 1 N–H and O–H groups in total. The molecule has 20 heavy (non-hydrogen) atoms. The lowest BCUT2D eigenvalue weighted by molar-refractivity contribution is 0.991. The molecule has 0 aliphatic heterocycles. The van der Waals surface area contributed by atoms with E-state index in [0.717, 1.165) is 29.3 Å². The first-order chi connectivity index (χ1) is 9.67. The van der Waals surface area contributed by atoms with Crippen molar-refractivity contribution in [2.45, 2.75) is 33.7 Å². The monoisotopic (exact) mass is 285 g/mol. The van der Waals surface area contributed by atoms with Crippen LogP contribution in [0.5, 0.6) is 0 Å². The summed E-state index contributed by atoms with van der Waals surface area (Å²) in [5.74, 6) is 0. The van der Waals surface area contributed by atoms with Crippen LogP contribution < -0.4 is 5.32 Å². The zero-order valence-electron chi connectivity index (χ0n) is 12.1. The molecule has 0 fully saturated rings. The van der Waals surface area contributed by atoms with Crippen LogP contribution in [0.1, 0.15) is 28.8 Å². The van der Waals surface area contributed by atoms with Gasteiger partial charge in [-0.15, -0.1) is 11.3 Å². The number of anilines is 1. The zero-order valence-corrected chi connectivity index (χ0v) is 12.9. The molecule has 3 nitrogen and oxygen atoms in total. The molecule has 3 aromatic rings. The lowest BCUT2D eigenvalue weighted by atomic mass is 10.1. The average molecular weight is 285 g/mol. The van der Waals surface area contributed by atoms with Crippen LogP contribution in [0.15, 0.2) is 30.5 Å². The number of fused-ring (bicyclic) bond motifs is 1. The minimum Gasteiger partial charge on any atom is -0.379 e. The second kappa shape index (κ2) is 5.29. The first-order valence-electron chi connectivity index (χ1n) is 6.94. The number of nitrogens with zero attached hydrogens (tertiary/aromatic N) is 2. The lowest BCUT2D eigenvalue weighted by Crippen LogP contribution is -2.03. The van der Waals surface area contributed by atoms with Crippen LogP contribution in [-0.4, -0.2) is 9.38 Å². The van der Waals surface area contributed by atoms with E-state index in [9.17, 15) is 0 Å². The van der Waals surface area contributed by atoms with Crippen LogP contribution in [0.2, 0.25) is 0 Å². The number of aryl methyl sites for hydroxylation is 3. The predicted octanol–water partition coefficient (Wildman–Crippen LogP) is 4.19. The summed E-state index contributed by atoms with van der Waals surface area (Å²) >= 11 is 1.74. The van der Waals surface area contributed by atoms with Gasteiger partial charge in [0.05, 0.1) is 17.9 Å². The minimum absolute atomic E-state index is 0.800. The van der Waals surface area contributed by atoms with E-state index in [-0.39, 0.29) is 0 Å². The van der Waals surface area contributed by atoms with Gasteiger partial charge in [0.1, 0.15) is 0 Å². The van der Waals surface area contributed by atoms with E-state index in [1.54, 1.807) is 11.3 Å². The fourth-order valence-corrected chi connectivity index (χ4v) is 3.26. The summed E-state index contributed by atoms with van der Waals surface area (Å²) in [5, 5.41) is 3.48. The average Bonchev–Trinajstić information content (AvgIpc) is 2.92. The van der Waals surface area contributed by atoms with Crippen LogP contribution in [0.4, 0.5) is 5.69 Å². The molecule has 0 spiro atoms. The SMILES string of the molecule is CCc1ccc(NCc2c(C)nc3sc(C)cn23)cc1. The number of benzene rings is 1. The molecule has 0 bridgehead atoms. The quantitative estimate of drug-likeness (QED) is 0.779. The Morgan fingerprint density at radius 3 is 2.65 bits per heavy atom. The van der Waals surface area contributed by atoms with Crippen molar-refractivity contribution >= 4 is 22.0 Å². The molecule has 0 radical (unpaired) electrons. The number of rotatable bonds is 4.